The van der Waals surface area contributed by atoms with Crippen molar-refractivity contribution in [3.8, 4) is 11.4 Å². The average molecular weight is 492 g/mol. The summed E-state index contributed by atoms with van der Waals surface area (Å²) in [4.78, 5) is 14.8. The number of carbonyl (C=O) groups is 1. The largest absolute Gasteiger partial charge is 0.495 e. The van der Waals surface area contributed by atoms with Crippen LogP contribution >= 0.6 is 35.0 Å². The fourth-order valence-electron chi connectivity index (χ4n) is 3.60. The second-order valence-electron chi connectivity index (χ2n) is 7.28. The molecule has 0 spiro atoms. The number of amides is 1. The molecule has 32 heavy (non-hydrogen) atoms. The predicted molar refractivity (Wildman–Crippen MR) is 130 cm³/mol. The summed E-state index contributed by atoms with van der Waals surface area (Å²) >= 11 is 13.5. The Hall–Kier alpha value is -2.42. The molecule has 7 nitrogen and oxygen atoms in total. The molecule has 1 aliphatic rings. The molecule has 1 saturated heterocycles. The van der Waals surface area contributed by atoms with Crippen molar-refractivity contribution in [2.75, 3.05) is 36.2 Å². The number of hydrogen-bond acceptors (Lipinski definition) is 6. The van der Waals surface area contributed by atoms with Crippen molar-refractivity contribution in [1.82, 2.24) is 14.8 Å². The number of aromatic nitrogens is 3. The molecule has 1 fully saturated rings. The van der Waals surface area contributed by atoms with Crippen LogP contribution in [-0.2, 0) is 4.79 Å². The molecule has 0 radical (unpaired) electrons. The first kappa shape index (κ1) is 22.8. The molecule has 0 bridgehead atoms. The van der Waals surface area contributed by atoms with Gasteiger partial charge in [0.1, 0.15) is 5.75 Å². The highest BCUT2D eigenvalue weighted by Crippen LogP contribution is 2.33. The minimum atomic E-state index is -0.215. The molecule has 3 aromatic rings. The van der Waals surface area contributed by atoms with Gasteiger partial charge in [0.15, 0.2) is 5.16 Å². The van der Waals surface area contributed by atoms with Gasteiger partial charge in [0.05, 0.1) is 34.3 Å². The van der Waals surface area contributed by atoms with Crippen LogP contribution in [0.25, 0.3) is 5.69 Å². The Morgan fingerprint density at radius 2 is 1.88 bits per heavy atom. The van der Waals surface area contributed by atoms with Gasteiger partial charge < -0.3 is 15.0 Å². The van der Waals surface area contributed by atoms with Crippen molar-refractivity contribution in [2.24, 2.45) is 0 Å². The number of para-hydroxylation sites is 2. The number of methoxy groups -OCH3 is 1. The third-order valence-corrected chi connectivity index (χ3v) is 6.89. The third-order valence-electron chi connectivity index (χ3n) is 5.14. The van der Waals surface area contributed by atoms with Crippen molar-refractivity contribution >= 4 is 52.5 Å². The maximum absolute atomic E-state index is 12.6. The SMILES string of the molecule is COc1ccccc1-n1c(SCC(=O)Nc2cccc(Cl)c2Cl)nnc1N1CCCCC1. The Bertz CT molecular complexity index is 1100. The number of anilines is 2. The molecule has 1 N–H and O–H groups in total. The minimum Gasteiger partial charge on any atom is -0.495 e. The Labute approximate surface area is 201 Å². The summed E-state index contributed by atoms with van der Waals surface area (Å²) in [5.41, 5.74) is 1.31. The molecule has 0 aliphatic carbocycles. The normalized spacial score (nSPS) is 13.8. The standard InChI is InChI=1S/C22H23Cl2N5O2S/c1-31-18-11-4-3-10-17(18)29-21(28-12-5-2-6-13-28)26-27-22(29)32-14-19(30)25-16-9-7-8-15(23)20(16)24/h3-4,7-11H,2,5-6,12-14H2,1H3,(H,25,30). The average Bonchev–Trinajstić information content (AvgIpc) is 3.25. The fraction of sp³-hybridized carbons (Fsp3) is 0.318. The van der Waals surface area contributed by atoms with Gasteiger partial charge in [0, 0.05) is 13.1 Å². The van der Waals surface area contributed by atoms with Crippen LogP contribution in [0.15, 0.2) is 47.6 Å². The van der Waals surface area contributed by atoms with Crippen molar-refractivity contribution in [1.29, 1.82) is 0 Å². The molecule has 2 aromatic carbocycles. The Balaban J connectivity index is 1.59. The summed E-state index contributed by atoms with van der Waals surface area (Å²) in [5.74, 6) is 1.39. The van der Waals surface area contributed by atoms with Crippen molar-refractivity contribution in [3.05, 3.63) is 52.5 Å². The summed E-state index contributed by atoms with van der Waals surface area (Å²) in [5, 5.41) is 13.0. The van der Waals surface area contributed by atoms with Gasteiger partial charge >= 0.3 is 0 Å². The van der Waals surface area contributed by atoms with E-state index in [0.717, 1.165) is 37.6 Å². The summed E-state index contributed by atoms with van der Waals surface area (Å²) in [6.07, 6.45) is 3.45. The summed E-state index contributed by atoms with van der Waals surface area (Å²) in [6.45, 7) is 1.84. The number of carbonyl (C=O) groups excluding carboxylic acids is 1. The maximum Gasteiger partial charge on any atom is 0.234 e. The Kier molecular flexibility index (Phi) is 7.44. The summed E-state index contributed by atoms with van der Waals surface area (Å²) in [6, 6.07) is 12.8. The number of nitrogens with zero attached hydrogens (tertiary/aromatic N) is 4. The second-order valence-corrected chi connectivity index (χ2v) is 9.00. The van der Waals surface area contributed by atoms with Gasteiger partial charge in [-0.2, -0.15) is 0 Å². The van der Waals surface area contributed by atoms with Crippen LogP contribution in [0.4, 0.5) is 11.6 Å². The summed E-state index contributed by atoms with van der Waals surface area (Å²) < 4.78 is 7.55. The summed E-state index contributed by atoms with van der Waals surface area (Å²) in [7, 11) is 1.64. The number of ether oxygens (including phenoxy) is 1. The number of halogens is 2. The molecule has 168 valence electrons. The smallest absolute Gasteiger partial charge is 0.234 e. The number of thioether (sulfide) groups is 1. The van der Waals surface area contributed by atoms with Gasteiger partial charge in [-0.25, -0.2) is 0 Å². The molecule has 1 amide bonds. The highest BCUT2D eigenvalue weighted by molar-refractivity contribution is 7.99. The number of nitrogens with one attached hydrogen (secondary N) is 1. The van der Waals surface area contributed by atoms with E-state index in [4.69, 9.17) is 27.9 Å². The quantitative estimate of drug-likeness (QED) is 0.451. The molecular weight excluding hydrogens is 469 g/mol. The number of hydrogen-bond donors (Lipinski definition) is 1. The lowest BCUT2D eigenvalue weighted by molar-refractivity contribution is -0.113. The van der Waals surface area contributed by atoms with Gasteiger partial charge in [-0.05, 0) is 43.5 Å². The van der Waals surface area contributed by atoms with E-state index < -0.39 is 0 Å². The van der Waals surface area contributed by atoms with E-state index in [1.54, 1.807) is 25.3 Å². The number of rotatable bonds is 7. The molecule has 2 heterocycles. The van der Waals surface area contributed by atoms with Gasteiger partial charge in [-0.3, -0.25) is 9.36 Å². The van der Waals surface area contributed by atoms with E-state index in [9.17, 15) is 4.79 Å². The van der Waals surface area contributed by atoms with Crippen molar-refractivity contribution in [2.45, 2.75) is 24.4 Å². The van der Waals surface area contributed by atoms with Crippen molar-refractivity contribution in [3.63, 3.8) is 0 Å². The van der Waals surface area contributed by atoms with Gasteiger partial charge in [0.25, 0.3) is 0 Å². The lowest BCUT2D eigenvalue weighted by Gasteiger charge is -2.28. The molecule has 1 aromatic heterocycles. The molecular formula is C22H23Cl2N5O2S. The van der Waals surface area contributed by atoms with E-state index >= 15 is 0 Å². The minimum absolute atomic E-state index is 0.135. The zero-order valence-corrected chi connectivity index (χ0v) is 19.9. The lowest BCUT2D eigenvalue weighted by atomic mass is 10.1. The Morgan fingerprint density at radius 1 is 1.09 bits per heavy atom. The molecule has 0 atom stereocenters. The molecule has 10 heteroatoms. The zero-order chi connectivity index (χ0) is 22.5. The van der Waals surface area contributed by atoms with E-state index in [1.165, 1.54) is 18.2 Å². The second kappa shape index (κ2) is 10.5. The van der Waals surface area contributed by atoms with Gasteiger partial charge in [0.2, 0.25) is 11.9 Å². The topological polar surface area (TPSA) is 72.3 Å². The van der Waals surface area contributed by atoms with Crippen LogP contribution in [-0.4, -0.2) is 46.6 Å². The molecule has 0 saturated carbocycles. The molecule has 4 rings (SSSR count). The predicted octanol–water partition coefficient (Wildman–Crippen LogP) is 5.30. The van der Waals surface area contributed by atoms with Gasteiger partial charge in [-0.15, -0.1) is 10.2 Å². The van der Waals surface area contributed by atoms with Crippen LogP contribution in [0, 0.1) is 0 Å². The third kappa shape index (κ3) is 4.98. The van der Waals surface area contributed by atoms with Crippen LogP contribution in [0.2, 0.25) is 10.0 Å². The van der Waals surface area contributed by atoms with Crippen LogP contribution in [0.5, 0.6) is 5.75 Å². The first-order chi connectivity index (χ1) is 15.6. The fourth-order valence-corrected chi connectivity index (χ4v) is 4.68. The van der Waals surface area contributed by atoms with Gasteiger partial charge in [-0.1, -0.05) is 53.2 Å². The van der Waals surface area contributed by atoms with Crippen LogP contribution in [0.1, 0.15) is 19.3 Å². The highest BCUT2D eigenvalue weighted by atomic mass is 35.5. The van der Waals surface area contributed by atoms with Crippen molar-refractivity contribution < 1.29 is 9.53 Å². The maximum atomic E-state index is 12.6. The molecule has 1 aliphatic heterocycles. The first-order valence-electron chi connectivity index (χ1n) is 10.3. The van der Waals surface area contributed by atoms with E-state index in [1.807, 2.05) is 28.8 Å². The first-order valence-corrected chi connectivity index (χ1v) is 12.0. The zero-order valence-electron chi connectivity index (χ0n) is 17.6. The number of piperidine rings is 1. The number of benzene rings is 2. The Morgan fingerprint density at radius 3 is 2.66 bits per heavy atom. The monoisotopic (exact) mass is 491 g/mol. The van der Waals surface area contributed by atoms with E-state index in [0.29, 0.717) is 26.6 Å². The van der Waals surface area contributed by atoms with E-state index in [2.05, 4.69) is 20.4 Å². The van der Waals surface area contributed by atoms with E-state index in [-0.39, 0.29) is 11.7 Å². The lowest BCUT2D eigenvalue weighted by Crippen LogP contribution is -2.31. The van der Waals surface area contributed by atoms with Crippen LogP contribution < -0.4 is 15.0 Å². The highest BCUT2D eigenvalue weighted by Gasteiger charge is 2.24. The molecule has 0 unspecified atom stereocenters. The van der Waals surface area contributed by atoms with Crippen LogP contribution in [0.3, 0.4) is 0 Å².